The van der Waals surface area contributed by atoms with Crippen molar-refractivity contribution in [3.8, 4) is 5.75 Å². The first kappa shape index (κ1) is 27.3. The molecule has 3 aliphatic rings. The number of anilines is 2. The first-order chi connectivity index (χ1) is 18.2. The summed E-state index contributed by atoms with van der Waals surface area (Å²) in [7, 11) is 0. The van der Waals surface area contributed by atoms with E-state index in [9.17, 15) is 19.5 Å². The van der Waals surface area contributed by atoms with Crippen molar-refractivity contribution in [3.05, 3.63) is 53.6 Å². The number of aliphatic hydroxyl groups excluding tert-OH is 1. The number of aliphatic hydroxyl groups is 1. The zero-order valence-corrected chi connectivity index (χ0v) is 24.1. The van der Waals surface area contributed by atoms with Crippen molar-refractivity contribution in [1.82, 2.24) is 4.90 Å². The standard InChI is InChI=1S/C27H29BrClN3O5S/c1-3-37-18-10-8-17(9-11-18)30-24(34)20-21-26(36)32(14(2)13-33)23(27(21)12-19(28)22(20)38-27)25(35)31-16-6-4-15(29)5-7-16/h4-11,14,19-23,33H,3,12-13H2,1-2H3,(H,30,34)(H,31,35)/t14-,19?,20-,21+,22-,23?,27?/m1/s1. The number of ether oxygens (including phenoxy) is 1. The van der Waals surface area contributed by atoms with Crippen LogP contribution in [-0.4, -0.2) is 67.8 Å². The summed E-state index contributed by atoms with van der Waals surface area (Å²) in [5.74, 6) is -1.50. The van der Waals surface area contributed by atoms with Crippen LogP contribution < -0.4 is 15.4 Å². The van der Waals surface area contributed by atoms with Crippen molar-refractivity contribution in [2.45, 2.75) is 47.2 Å². The van der Waals surface area contributed by atoms with E-state index in [2.05, 4.69) is 26.6 Å². The lowest BCUT2D eigenvalue weighted by atomic mass is 9.70. The number of nitrogens with one attached hydrogen (secondary N) is 2. The highest BCUT2D eigenvalue weighted by Gasteiger charge is 2.76. The SMILES string of the molecule is CCOc1ccc(NC(=O)[C@H]2[C@@H]3SC4(CC3Br)C(C(=O)Nc3ccc(Cl)cc3)N([C@H](C)CO)C(=O)[C@H]24)cc1. The molecule has 1 spiro atoms. The van der Waals surface area contributed by atoms with Crippen molar-refractivity contribution in [1.29, 1.82) is 0 Å². The first-order valence-corrected chi connectivity index (χ1v) is 14.7. The molecule has 8 nitrogen and oxygen atoms in total. The Morgan fingerprint density at radius 1 is 1.16 bits per heavy atom. The highest BCUT2D eigenvalue weighted by molar-refractivity contribution is 9.09. The lowest BCUT2D eigenvalue weighted by Gasteiger charge is -2.36. The third-order valence-corrected chi connectivity index (χ3v) is 11.0. The fraction of sp³-hybridized carbons (Fsp3) is 0.444. The maximum Gasteiger partial charge on any atom is 0.248 e. The third kappa shape index (κ3) is 4.59. The molecule has 202 valence electrons. The lowest BCUT2D eigenvalue weighted by molar-refractivity contribution is -0.140. The number of rotatable bonds is 8. The Kier molecular flexibility index (Phi) is 7.70. The molecule has 0 radical (unpaired) electrons. The van der Waals surface area contributed by atoms with E-state index in [1.54, 1.807) is 67.2 Å². The maximum absolute atomic E-state index is 14.0. The zero-order chi connectivity index (χ0) is 27.2. The second-order valence-electron chi connectivity index (χ2n) is 9.88. The topological polar surface area (TPSA) is 108 Å². The van der Waals surface area contributed by atoms with E-state index < -0.39 is 28.7 Å². The lowest BCUT2D eigenvalue weighted by Crippen LogP contribution is -2.54. The summed E-state index contributed by atoms with van der Waals surface area (Å²) in [6.07, 6.45) is 0.554. The molecule has 0 saturated carbocycles. The molecule has 3 saturated heterocycles. The quantitative estimate of drug-likeness (QED) is 0.382. The van der Waals surface area contributed by atoms with E-state index in [4.69, 9.17) is 16.3 Å². The van der Waals surface area contributed by atoms with Crippen LogP contribution in [-0.2, 0) is 14.4 Å². The normalized spacial score (nSPS) is 30.2. The Labute approximate surface area is 238 Å². The number of carbonyl (C=O) groups is 3. The van der Waals surface area contributed by atoms with Gasteiger partial charge in [0.25, 0.3) is 0 Å². The van der Waals surface area contributed by atoms with E-state index in [-0.39, 0.29) is 34.4 Å². The fourth-order valence-corrected chi connectivity index (χ4v) is 9.73. The number of thioether (sulfide) groups is 1. The van der Waals surface area contributed by atoms with Crippen molar-refractivity contribution < 1.29 is 24.2 Å². The van der Waals surface area contributed by atoms with Gasteiger partial charge in [0.1, 0.15) is 11.8 Å². The average molecular weight is 623 g/mol. The summed E-state index contributed by atoms with van der Waals surface area (Å²) in [6, 6.07) is 12.4. The molecule has 2 aromatic carbocycles. The summed E-state index contributed by atoms with van der Waals surface area (Å²) in [6.45, 7) is 3.86. The van der Waals surface area contributed by atoms with Gasteiger partial charge in [-0.3, -0.25) is 14.4 Å². The summed E-state index contributed by atoms with van der Waals surface area (Å²) >= 11 is 11.3. The van der Waals surface area contributed by atoms with Gasteiger partial charge in [0.2, 0.25) is 17.7 Å². The molecule has 3 amide bonds. The van der Waals surface area contributed by atoms with Gasteiger partial charge in [-0.15, -0.1) is 11.8 Å². The van der Waals surface area contributed by atoms with Crippen molar-refractivity contribution in [3.63, 3.8) is 0 Å². The summed E-state index contributed by atoms with van der Waals surface area (Å²) in [5, 5.41) is 16.3. The summed E-state index contributed by atoms with van der Waals surface area (Å²) in [4.78, 5) is 42.9. The van der Waals surface area contributed by atoms with Crippen LogP contribution in [0.1, 0.15) is 20.3 Å². The van der Waals surface area contributed by atoms with E-state index in [1.807, 2.05) is 6.92 Å². The van der Waals surface area contributed by atoms with Crippen molar-refractivity contribution in [2.75, 3.05) is 23.8 Å². The van der Waals surface area contributed by atoms with E-state index in [0.717, 1.165) is 0 Å². The van der Waals surface area contributed by atoms with Gasteiger partial charge >= 0.3 is 0 Å². The molecular weight excluding hydrogens is 594 g/mol. The highest BCUT2D eigenvalue weighted by Crippen LogP contribution is 2.68. The van der Waals surface area contributed by atoms with Gasteiger partial charge in [-0.1, -0.05) is 27.5 Å². The van der Waals surface area contributed by atoms with Crippen LogP contribution in [0, 0.1) is 11.8 Å². The second-order valence-corrected chi connectivity index (χ2v) is 13.0. The van der Waals surface area contributed by atoms with Crippen LogP contribution in [0.15, 0.2) is 48.5 Å². The fourth-order valence-electron chi connectivity index (χ4n) is 6.00. The number of nitrogens with zero attached hydrogens (tertiary/aromatic N) is 1. The Morgan fingerprint density at radius 2 is 1.76 bits per heavy atom. The largest absolute Gasteiger partial charge is 0.494 e. The third-order valence-electron chi connectivity index (χ3n) is 7.56. The minimum absolute atomic E-state index is 0.0529. The van der Waals surface area contributed by atoms with Crippen LogP contribution >= 0.6 is 39.3 Å². The molecule has 3 N–H and O–H groups in total. The molecule has 3 unspecified atom stereocenters. The Morgan fingerprint density at radius 3 is 2.37 bits per heavy atom. The van der Waals surface area contributed by atoms with Gasteiger partial charge in [-0.2, -0.15) is 0 Å². The smallest absolute Gasteiger partial charge is 0.248 e. The molecule has 3 fully saturated rings. The molecular formula is C27H29BrClN3O5S. The van der Waals surface area contributed by atoms with Gasteiger partial charge in [-0.25, -0.2) is 0 Å². The summed E-state index contributed by atoms with van der Waals surface area (Å²) < 4.78 is 4.67. The number of hydrogen-bond donors (Lipinski definition) is 3. The second kappa shape index (κ2) is 10.7. The number of likely N-dealkylation sites (tertiary alicyclic amines) is 1. The molecule has 3 aliphatic heterocycles. The number of benzene rings is 2. The molecule has 38 heavy (non-hydrogen) atoms. The average Bonchev–Trinajstić information content (AvgIpc) is 3.49. The molecule has 11 heteroatoms. The van der Waals surface area contributed by atoms with Crippen LogP contribution in [0.3, 0.4) is 0 Å². The number of fused-ring (bicyclic) bond motifs is 1. The maximum atomic E-state index is 14.0. The number of amides is 3. The molecule has 5 rings (SSSR count). The van der Waals surface area contributed by atoms with Crippen LogP contribution in [0.4, 0.5) is 11.4 Å². The molecule has 0 aromatic heterocycles. The van der Waals surface area contributed by atoms with E-state index >= 15 is 0 Å². The van der Waals surface area contributed by atoms with Gasteiger partial charge in [0, 0.05) is 26.5 Å². The van der Waals surface area contributed by atoms with Gasteiger partial charge in [-0.05, 0) is 68.8 Å². The Balaban J connectivity index is 1.46. The zero-order valence-electron chi connectivity index (χ0n) is 20.9. The minimum Gasteiger partial charge on any atom is -0.494 e. The van der Waals surface area contributed by atoms with Gasteiger partial charge in [0.05, 0.1) is 35.8 Å². The molecule has 0 aliphatic carbocycles. The number of hydrogen-bond acceptors (Lipinski definition) is 6. The number of halogens is 2. The molecule has 2 aromatic rings. The predicted octanol–water partition coefficient (Wildman–Crippen LogP) is 4.16. The van der Waals surface area contributed by atoms with E-state index in [0.29, 0.717) is 35.2 Å². The minimum atomic E-state index is -0.851. The number of alkyl halides is 1. The highest BCUT2D eigenvalue weighted by atomic mass is 79.9. The van der Waals surface area contributed by atoms with Crippen LogP contribution in [0.25, 0.3) is 0 Å². The van der Waals surface area contributed by atoms with Crippen molar-refractivity contribution >= 4 is 68.4 Å². The monoisotopic (exact) mass is 621 g/mol. The van der Waals surface area contributed by atoms with Gasteiger partial charge in [0.15, 0.2) is 0 Å². The van der Waals surface area contributed by atoms with Crippen LogP contribution in [0.5, 0.6) is 5.75 Å². The predicted molar refractivity (Wildman–Crippen MR) is 152 cm³/mol. The number of carbonyl (C=O) groups excluding carboxylic acids is 3. The Hall–Kier alpha value is -2.27. The Bertz CT molecular complexity index is 1230. The van der Waals surface area contributed by atoms with Crippen molar-refractivity contribution in [2.24, 2.45) is 11.8 Å². The van der Waals surface area contributed by atoms with E-state index in [1.165, 1.54) is 4.90 Å². The molecule has 3 heterocycles. The van der Waals surface area contributed by atoms with Gasteiger partial charge < -0.3 is 25.4 Å². The first-order valence-electron chi connectivity index (χ1n) is 12.5. The summed E-state index contributed by atoms with van der Waals surface area (Å²) in [5.41, 5.74) is 1.16. The van der Waals surface area contributed by atoms with Crippen LogP contribution in [0.2, 0.25) is 5.02 Å². The molecule has 7 atom stereocenters. The molecule has 2 bridgehead atoms.